The molecule has 1 saturated heterocycles. The molecule has 0 saturated carbocycles. The summed E-state index contributed by atoms with van der Waals surface area (Å²) in [4.78, 5) is 10.9. The summed E-state index contributed by atoms with van der Waals surface area (Å²) in [5.74, 6) is 1.59. The minimum absolute atomic E-state index is 0.0291. The Hall–Kier alpha value is -2.97. The van der Waals surface area contributed by atoms with Crippen LogP contribution in [0.25, 0.3) is 11.3 Å². The summed E-state index contributed by atoms with van der Waals surface area (Å²) in [6.07, 6.45) is 1.54. The zero-order chi connectivity index (χ0) is 21.0. The third-order valence-corrected chi connectivity index (χ3v) is 7.02. The van der Waals surface area contributed by atoms with Crippen molar-refractivity contribution >= 4 is 15.8 Å². The monoisotopic (exact) mass is 424 g/mol. The number of piperazine rings is 1. The second kappa shape index (κ2) is 8.81. The smallest absolute Gasteiger partial charge is 0.218 e. The third-order valence-electron chi connectivity index (χ3n) is 5.17. The van der Waals surface area contributed by atoms with Crippen molar-refractivity contribution in [2.45, 2.75) is 5.75 Å². The van der Waals surface area contributed by atoms with E-state index >= 15 is 0 Å². The molecule has 0 amide bonds. The molecule has 7 nitrogen and oxygen atoms in total. The molecular formula is C22H24N4O3S. The van der Waals surface area contributed by atoms with Gasteiger partial charge >= 0.3 is 0 Å². The standard InChI is InChI=1S/C22H24N4O3S/c1-29-20-9-5-8-19(14-20)21-15-22(24-17-23-21)25-10-12-26(13-11-25)30(27,28)16-18-6-3-2-4-7-18/h2-9,14-15,17H,10-13,16H2,1H3. The highest BCUT2D eigenvalue weighted by Crippen LogP contribution is 2.25. The Bertz CT molecular complexity index is 1100. The highest BCUT2D eigenvalue weighted by Gasteiger charge is 2.27. The fourth-order valence-corrected chi connectivity index (χ4v) is 5.05. The topological polar surface area (TPSA) is 75.6 Å². The maximum atomic E-state index is 12.8. The normalized spacial score (nSPS) is 15.2. The van der Waals surface area contributed by atoms with Crippen molar-refractivity contribution < 1.29 is 13.2 Å². The predicted molar refractivity (Wildman–Crippen MR) is 117 cm³/mol. The molecule has 1 fully saturated rings. The first kappa shape index (κ1) is 20.3. The molecule has 1 aliphatic rings. The molecule has 0 aliphatic carbocycles. The van der Waals surface area contributed by atoms with E-state index in [1.807, 2.05) is 60.7 Å². The maximum absolute atomic E-state index is 12.8. The number of anilines is 1. The SMILES string of the molecule is COc1cccc(-c2cc(N3CCN(S(=O)(=O)Cc4ccccc4)CC3)ncn2)c1. The van der Waals surface area contributed by atoms with E-state index in [1.54, 1.807) is 17.7 Å². The average Bonchev–Trinajstić information content (AvgIpc) is 2.80. The largest absolute Gasteiger partial charge is 0.497 e. The van der Waals surface area contributed by atoms with Crippen molar-refractivity contribution in [1.29, 1.82) is 0 Å². The van der Waals surface area contributed by atoms with E-state index < -0.39 is 10.0 Å². The van der Waals surface area contributed by atoms with Crippen LogP contribution in [0.3, 0.4) is 0 Å². The van der Waals surface area contributed by atoms with Gasteiger partial charge in [-0.2, -0.15) is 4.31 Å². The molecule has 4 rings (SSSR count). The van der Waals surface area contributed by atoms with Crippen molar-refractivity contribution in [3.63, 3.8) is 0 Å². The molecule has 3 aromatic rings. The minimum Gasteiger partial charge on any atom is -0.497 e. The van der Waals surface area contributed by atoms with Crippen LogP contribution in [0.1, 0.15) is 5.56 Å². The third kappa shape index (κ3) is 4.60. The van der Waals surface area contributed by atoms with Crippen LogP contribution in [0.15, 0.2) is 67.0 Å². The molecule has 30 heavy (non-hydrogen) atoms. The van der Waals surface area contributed by atoms with Crippen molar-refractivity contribution in [3.8, 4) is 17.0 Å². The summed E-state index contributed by atoms with van der Waals surface area (Å²) in [5.41, 5.74) is 2.55. The number of nitrogens with zero attached hydrogens (tertiary/aromatic N) is 4. The summed E-state index contributed by atoms with van der Waals surface area (Å²) >= 11 is 0. The Kier molecular flexibility index (Phi) is 5.96. The molecule has 2 aromatic carbocycles. The van der Waals surface area contributed by atoms with Crippen LogP contribution in [0, 0.1) is 0 Å². The number of benzene rings is 2. The molecule has 1 aromatic heterocycles. The van der Waals surface area contributed by atoms with Crippen LogP contribution in [-0.2, 0) is 15.8 Å². The second-order valence-corrected chi connectivity index (χ2v) is 9.09. The van der Waals surface area contributed by atoms with Gasteiger partial charge in [-0.25, -0.2) is 18.4 Å². The van der Waals surface area contributed by atoms with Crippen LogP contribution >= 0.6 is 0 Å². The lowest BCUT2D eigenvalue weighted by atomic mass is 10.1. The minimum atomic E-state index is -3.34. The van der Waals surface area contributed by atoms with E-state index in [0.29, 0.717) is 26.2 Å². The van der Waals surface area contributed by atoms with Crippen molar-refractivity contribution in [3.05, 3.63) is 72.6 Å². The summed E-state index contributed by atoms with van der Waals surface area (Å²) < 4.78 is 32.4. The number of hydrogen-bond donors (Lipinski definition) is 0. The molecular weight excluding hydrogens is 400 g/mol. The first-order valence-corrected chi connectivity index (χ1v) is 11.4. The number of sulfonamides is 1. The van der Waals surface area contributed by atoms with Gasteiger partial charge in [0, 0.05) is 37.8 Å². The molecule has 0 atom stereocenters. The second-order valence-electron chi connectivity index (χ2n) is 7.12. The van der Waals surface area contributed by atoms with E-state index in [0.717, 1.165) is 28.4 Å². The lowest BCUT2D eigenvalue weighted by Crippen LogP contribution is -2.49. The summed E-state index contributed by atoms with van der Waals surface area (Å²) in [7, 11) is -1.71. The molecule has 1 aliphatic heterocycles. The van der Waals surface area contributed by atoms with Gasteiger partial charge in [-0.1, -0.05) is 42.5 Å². The summed E-state index contributed by atoms with van der Waals surface area (Å²) in [5, 5.41) is 0. The number of ether oxygens (including phenoxy) is 1. The molecule has 0 N–H and O–H groups in total. The van der Waals surface area contributed by atoms with Gasteiger partial charge in [0.1, 0.15) is 17.9 Å². The average molecular weight is 425 g/mol. The molecule has 0 bridgehead atoms. The van der Waals surface area contributed by atoms with E-state index in [2.05, 4.69) is 14.9 Å². The quantitative estimate of drug-likeness (QED) is 0.606. The van der Waals surface area contributed by atoms with Crippen LogP contribution in [0.4, 0.5) is 5.82 Å². The molecule has 156 valence electrons. The number of aromatic nitrogens is 2. The van der Waals surface area contributed by atoms with Crippen LogP contribution in [0.5, 0.6) is 5.75 Å². The first-order valence-electron chi connectivity index (χ1n) is 9.78. The van der Waals surface area contributed by atoms with Gasteiger partial charge in [-0.3, -0.25) is 0 Å². The number of methoxy groups -OCH3 is 1. The number of hydrogen-bond acceptors (Lipinski definition) is 6. The first-order chi connectivity index (χ1) is 14.5. The van der Waals surface area contributed by atoms with Crippen molar-refractivity contribution in [2.75, 3.05) is 38.2 Å². The maximum Gasteiger partial charge on any atom is 0.218 e. The molecule has 2 heterocycles. The molecule has 0 spiro atoms. The van der Waals surface area contributed by atoms with E-state index in [9.17, 15) is 8.42 Å². The van der Waals surface area contributed by atoms with Gasteiger partial charge in [-0.15, -0.1) is 0 Å². The van der Waals surface area contributed by atoms with Crippen molar-refractivity contribution in [2.24, 2.45) is 0 Å². The Morgan fingerprint density at radius 3 is 2.43 bits per heavy atom. The lowest BCUT2D eigenvalue weighted by molar-refractivity contribution is 0.383. The van der Waals surface area contributed by atoms with Gasteiger partial charge in [-0.05, 0) is 17.7 Å². The van der Waals surface area contributed by atoms with Gasteiger partial charge in [0.05, 0.1) is 18.6 Å². The van der Waals surface area contributed by atoms with Gasteiger partial charge in [0.15, 0.2) is 0 Å². The van der Waals surface area contributed by atoms with Crippen LogP contribution in [0.2, 0.25) is 0 Å². The Morgan fingerprint density at radius 2 is 1.70 bits per heavy atom. The van der Waals surface area contributed by atoms with E-state index in [1.165, 1.54) is 0 Å². The Labute approximate surface area is 177 Å². The molecule has 0 unspecified atom stereocenters. The predicted octanol–water partition coefficient (Wildman–Crippen LogP) is 2.80. The zero-order valence-electron chi connectivity index (χ0n) is 16.8. The fourth-order valence-electron chi connectivity index (χ4n) is 3.53. The Balaban J connectivity index is 1.44. The zero-order valence-corrected chi connectivity index (χ0v) is 17.6. The van der Waals surface area contributed by atoms with E-state index in [4.69, 9.17) is 4.74 Å². The van der Waals surface area contributed by atoms with Crippen LogP contribution in [-0.4, -0.2) is 56.0 Å². The lowest BCUT2D eigenvalue weighted by Gasteiger charge is -2.34. The van der Waals surface area contributed by atoms with E-state index in [-0.39, 0.29) is 5.75 Å². The number of rotatable bonds is 6. The van der Waals surface area contributed by atoms with Crippen molar-refractivity contribution in [1.82, 2.24) is 14.3 Å². The van der Waals surface area contributed by atoms with Gasteiger partial charge in [0.25, 0.3) is 0 Å². The summed E-state index contributed by atoms with van der Waals surface area (Å²) in [6, 6.07) is 18.9. The van der Waals surface area contributed by atoms with Gasteiger partial charge in [0.2, 0.25) is 10.0 Å². The molecule has 8 heteroatoms. The summed E-state index contributed by atoms with van der Waals surface area (Å²) in [6.45, 7) is 2.05. The highest BCUT2D eigenvalue weighted by molar-refractivity contribution is 7.88. The Morgan fingerprint density at radius 1 is 0.933 bits per heavy atom. The fraction of sp³-hybridized carbons (Fsp3) is 0.273. The highest BCUT2D eigenvalue weighted by atomic mass is 32.2. The molecule has 0 radical (unpaired) electrons. The van der Waals surface area contributed by atoms with Crippen LogP contribution < -0.4 is 9.64 Å². The van der Waals surface area contributed by atoms with Gasteiger partial charge < -0.3 is 9.64 Å².